The van der Waals surface area contributed by atoms with Crippen LogP contribution in [0.3, 0.4) is 0 Å². The lowest BCUT2D eigenvalue weighted by Crippen LogP contribution is -3.16. The molecule has 2 aliphatic rings. The zero-order chi connectivity index (χ0) is 17.6. The molecule has 7 nitrogen and oxygen atoms in total. The SMILES string of the molecule is O=C1C[NH+](CC(=O)Nc2ccccc2C(=O)NC2CCCC2)CCN1. The van der Waals surface area contributed by atoms with Crippen LogP contribution in [0, 0.1) is 0 Å². The van der Waals surface area contributed by atoms with Gasteiger partial charge in [-0.2, -0.15) is 0 Å². The van der Waals surface area contributed by atoms with Gasteiger partial charge >= 0.3 is 0 Å². The molecule has 3 amide bonds. The fourth-order valence-electron chi connectivity index (χ4n) is 3.45. The van der Waals surface area contributed by atoms with Crippen LogP contribution in [-0.2, 0) is 9.59 Å². The number of rotatable bonds is 5. The molecular weight excluding hydrogens is 320 g/mol. The highest BCUT2D eigenvalue weighted by Gasteiger charge is 2.24. The third kappa shape index (κ3) is 4.79. The maximum absolute atomic E-state index is 12.5. The molecule has 1 heterocycles. The van der Waals surface area contributed by atoms with E-state index in [9.17, 15) is 14.4 Å². The summed E-state index contributed by atoms with van der Waals surface area (Å²) in [6.07, 6.45) is 4.33. The van der Waals surface area contributed by atoms with Crippen LogP contribution in [0.4, 0.5) is 5.69 Å². The molecule has 1 unspecified atom stereocenters. The van der Waals surface area contributed by atoms with Crippen LogP contribution in [-0.4, -0.2) is 49.9 Å². The number of hydrogen-bond acceptors (Lipinski definition) is 3. The number of para-hydroxylation sites is 1. The van der Waals surface area contributed by atoms with Gasteiger partial charge in [-0.1, -0.05) is 25.0 Å². The summed E-state index contributed by atoms with van der Waals surface area (Å²) in [7, 11) is 0. The topological polar surface area (TPSA) is 91.7 Å². The third-order valence-electron chi connectivity index (χ3n) is 4.76. The van der Waals surface area contributed by atoms with Gasteiger partial charge in [0, 0.05) is 6.04 Å². The van der Waals surface area contributed by atoms with E-state index in [1.807, 2.05) is 0 Å². The molecular formula is C18H25N4O3+. The van der Waals surface area contributed by atoms with Gasteiger partial charge in [0.05, 0.1) is 24.3 Å². The van der Waals surface area contributed by atoms with Gasteiger partial charge in [-0.25, -0.2) is 0 Å². The van der Waals surface area contributed by atoms with Crippen molar-refractivity contribution in [2.24, 2.45) is 0 Å². The van der Waals surface area contributed by atoms with E-state index in [-0.39, 0.29) is 30.3 Å². The molecule has 3 rings (SSSR count). The van der Waals surface area contributed by atoms with Crippen LogP contribution in [0.1, 0.15) is 36.0 Å². The molecule has 1 aliphatic heterocycles. The Bertz CT molecular complexity index is 655. The van der Waals surface area contributed by atoms with E-state index in [2.05, 4.69) is 16.0 Å². The van der Waals surface area contributed by atoms with Crippen LogP contribution in [0.2, 0.25) is 0 Å². The van der Waals surface area contributed by atoms with Crippen molar-refractivity contribution in [1.82, 2.24) is 10.6 Å². The fourth-order valence-corrected chi connectivity index (χ4v) is 3.45. The first-order valence-electron chi connectivity index (χ1n) is 8.92. The molecule has 0 aromatic heterocycles. The number of hydrogen-bond donors (Lipinski definition) is 4. The average molecular weight is 345 g/mol. The second-order valence-electron chi connectivity index (χ2n) is 6.75. The van der Waals surface area contributed by atoms with Gasteiger partial charge < -0.3 is 20.9 Å². The predicted molar refractivity (Wildman–Crippen MR) is 93.4 cm³/mol. The van der Waals surface area contributed by atoms with Gasteiger partial charge in [-0.15, -0.1) is 0 Å². The minimum atomic E-state index is -0.189. The maximum Gasteiger partial charge on any atom is 0.279 e. The molecule has 2 fully saturated rings. The molecule has 0 radical (unpaired) electrons. The lowest BCUT2D eigenvalue weighted by atomic mass is 10.1. The number of carbonyl (C=O) groups is 3. The molecule has 1 atom stereocenters. The van der Waals surface area contributed by atoms with Crippen molar-refractivity contribution in [3.05, 3.63) is 29.8 Å². The lowest BCUT2D eigenvalue weighted by molar-refractivity contribution is -0.885. The van der Waals surface area contributed by atoms with E-state index in [1.54, 1.807) is 24.3 Å². The van der Waals surface area contributed by atoms with Gasteiger partial charge in [0.2, 0.25) is 0 Å². The standard InChI is InChI=1S/C18H24N4O3/c23-16-11-22(10-9-19-16)12-17(24)21-15-8-4-3-7-14(15)18(25)20-13-5-1-2-6-13/h3-4,7-8,13H,1-2,5-6,9-12H2,(H,19,23)(H,20,25)(H,21,24)/p+1. The van der Waals surface area contributed by atoms with E-state index in [1.165, 1.54) is 0 Å². The summed E-state index contributed by atoms with van der Waals surface area (Å²) in [5.74, 6) is -0.372. The van der Waals surface area contributed by atoms with E-state index in [0.717, 1.165) is 37.1 Å². The molecule has 7 heteroatoms. The molecule has 0 bridgehead atoms. The quantitative estimate of drug-likeness (QED) is 0.569. The second kappa shape index (κ2) is 8.11. The first kappa shape index (κ1) is 17.4. The monoisotopic (exact) mass is 345 g/mol. The number of amides is 3. The van der Waals surface area contributed by atoms with Gasteiger partial charge in [0.1, 0.15) is 0 Å². The summed E-state index contributed by atoms with van der Waals surface area (Å²) in [5, 5.41) is 8.62. The molecule has 25 heavy (non-hydrogen) atoms. The van der Waals surface area contributed by atoms with Crippen LogP contribution in [0.15, 0.2) is 24.3 Å². The smallest absolute Gasteiger partial charge is 0.279 e. The summed E-state index contributed by atoms with van der Waals surface area (Å²) < 4.78 is 0. The van der Waals surface area contributed by atoms with E-state index < -0.39 is 0 Å². The van der Waals surface area contributed by atoms with Gasteiger partial charge in [-0.3, -0.25) is 14.4 Å². The van der Waals surface area contributed by atoms with Crippen LogP contribution >= 0.6 is 0 Å². The van der Waals surface area contributed by atoms with E-state index in [0.29, 0.717) is 24.3 Å². The minimum absolute atomic E-state index is 0.0367. The second-order valence-corrected chi connectivity index (χ2v) is 6.75. The van der Waals surface area contributed by atoms with Crippen LogP contribution in [0.25, 0.3) is 0 Å². The highest BCUT2D eigenvalue weighted by Crippen LogP contribution is 2.20. The number of benzene rings is 1. The molecule has 134 valence electrons. The number of carbonyl (C=O) groups excluding carboxylic acids is 3. The van der Waals surface area contributed by atoms with E-state index >= 15 is 0 Å². The van der Waals surface area contributed by atoms with Crippen molar-refractivity contribution in [1.29, 1.82) is 0 Å². The molecule has 1 saturated heterocycles. The number of piperazine rings is 1. The number of anilines is 1. The Morgan fingerprint density at radius 2 is 1.96 bits per heavy atom. The van der Waals surface area contributed by atoms with Gasteiger partial charge in [0.15, 0.2) is 13.1 Å². The zero-order valence-corrected chi connectivity index (χ0v) is 14.3. The number of quaternary nitrogens is 1. The highest BCUT2D eigenvalue weighted by molar-refractivity contribution is 6.04. The maximum atomic E-state index is 12.5. The molecule has 1 aliphatic carbocycles. The van der Waals surface area contributed by atoms with Crippen LogP contribution < -0.4 is 20.9 Å². The Morgan fingerprint density at radius 3 is 2.72 bits per heavy atom. The predicted octanol–water partition coefficient (Wildman–Crippen LogP) is -0.688. The molecule has 4 N–H and O–H groups in total. The zero-order valence-electron chi connectivity index (χ0n) is 14.3. The summed E-state index contributed by atoms with van der Waals surface area (Å²) in [6.45, 7) is 1.83. The summed E-state index contributed by atoms with van der Waals surface area (Å²) >= 11 is 0. The summed E-state index contributed by atoms with van der Waals surface area (Å²) in [5.41, 5.74) is 0.998. The molecule has 1 aromatic rings. The minimum Gasteiger partial charge on any atom is -0.349 e. The fraction of sp³-hybridized carbons (Fsp3) is 0.500. The normalized spacial score (nSPS) is 20.8. The largest absolute Gasteiger partial charge is 0.349 e. The Labute approximate surface area is 147 Å². The van der Waals surface area contributed by atoms with Crippen molar-refractivity contribution in [3.8, 4) is 0 Å². The van der Waals surface area contributed by atoms with E-state index in [4.69, 9.17) is 0 Å². The van der Waals surface area contributed by atoms with Crippen molar-refractivity contribution < 1.29 is 19.3 Å². The Kier molecular flexibility index (Phi) is 5.65. The number of nitrogens with one attached hydrogen (secondary N) is 4. The first-order valence-corrected chi connectivity index (χ1v) is 8.92. The Balaban J connectivity index is 1.60. The summed E-state index contributed by atoms with van der Waals surface area (Å²) in [6, 6.07) is 7.27. The van der Waals surface area contributed by atoms with Crippen molar-refractivity contribution in [3.63, 3.8) is 0 Å². The molecule has 1 saturated carbocycles. The third-order valence-corrected chi connectivity index (χ3v) is 4.76. The highest BCUT2D eigenvalue weighted by atomic mass is 16.2. The average Bonchev–Trinajstić information content (AvgIpc) is 3.08. The molecule has 0 spiro atoms. The van der Waals surface area contributed by atoms with Gasteiger partial charge in [0.25, 0.3) is 17.7 Å². The van der Waals surface area contributed by atoms with Crippen LogP contribution in [0.5, 0.6) is 0 Å². The lowest BCUT2D eigenvalue weighted by Gasteiger charge is -2.23. The van der Waals surface area contributed by atoms with Gasteiger partial charge in [-0.05, 0) is 25.0 Å². The Hall–Kier alpha value is -2.41. The first-order chi connectivity index (χ1) is 12.1. The van der Waals surface area contributed by atoms with Crippen molar-refractivity contribution in [2.75, 3.05) is 31.5 Å². The van der Waals surface area contributed by atoms with Crippen molar-refractivity contribution in [2.45, 2.75) is 31.7 Å². The Morgan fingerprint density at radius 1 is 1.20 bits per heavy atom. The van der Waals surface area contributed by atoms with Crippen molar-refractivity contribution >= 4 is 23.4 Å². The molecule has 1 aromatic carbocycles. The summed E-state index contributed by atoms with van der Waals surface area (Å²) in [4.78, 5) is 37.2.